The van der Waals surface area contributed by atoms with Gasteiger partial charge < -0.3 is 10.5 Å². The first-order chi connectivity index (χ1) is 9.45. The van der Waals surface area contributed by atoms with Crippen molar-refractivity contribution in [3.05, 3.63) is 47.5 Å². The number of halogens is 1. The van der Waals surface area contributed by atoms with Crippen LogP contribution in [0.3, 0.4) is 0 Å². The van der Waals surface area contributed by atoms with E-state index in [9.17, 15) is 8.42 Å². The standard InChI is InChI=1S/C13H13ClN2O3S/c1-19-12-8-3-2-7-11(12)16-20(17,18)13-9(14)5-4-6-10(13)15/h2-8,16H,15H2,1H3. The van der Waals surface area contributed by atoms with Crippen molar-refractivity contribution < 1.29 is 13.2 Å². The highest BCUT2D eigenvalue weighted by Gasteiger charge is 2.22. The van der Waals surface area contributed by atoms with Gasteiger partial charge in [-0.1, -0.05) is 29.8 Å². The van der Waals surface area contributed by atoms with E-state index in [0.717, 1.165) is 0 Å². The van der Waals surface area contributed by atoms with E-state index in [1.165, 1.54) is 19.2 Å². The van der Waals surface area contributed by atoms with Crippen LogP contribution < -0.4 is 15.2 Å². The van der Waals surface area contributed by atoms with Crippen molar-refractivity contribution >= 4 is 33.0 Å². The lowest BCUT2D eigenvalue weighted by Gasteiger charge is -2.13. The van der Waals surface area contributed by atoms with Crippen molar-refractivity contribution in [1.29, 1.82) is 0 Å². The quantitative estimate of drug-likeness (QED) is 0.851. The number of ether oxygens (including phenoxy) is 1. The van der Waals surface area contributed by atoms with Gasteiger partial charge in [-0.3, -0.25) is 4.72 Å². The minimum absolute atomic E-state index is 0.0624. The van der Waals surface area contributed by atoms with Crippen LogP contribution in [-0.4, -0.2) is 15.5 Å². The minimum Gasteiger partial charge on any atom is -0.495 e. The Kier molecular flexibility index (Phi) is 4.06. The van der Waals surface area contributed by atoms with Gasteiger partial charge in [0.05, 0.1) is 23.5 Å². The Morgan fingerprint density at radius 1 is 1.15 bits per heavy atom. The van der Waals surface area contributed by atoms with Crippen LogP contribution in [0.2, 0.25) is 5.02 Å². The number of nitrogen functional groups attached to an aromatic ring is 1. The Morgan fingerprint density at radius 2 is 1.85 bits per heavy atom. The first-order valence-corrected chi connectivity index (χ1v) is 7.51. The van der Waals surface area contributed by atoms with Crippen LogP contribution >= 0.6 is 11.6 Å². The van der Waals surface area contributed by atoms with Crippen molar-refractivity contribution in [2.75, 3.05) is 17.6 Å². The lowest BCUT2D eigenvalue weighted by molar-refractivity contribution is 0.417. The van der Waals surface area contributed by atoms with Gasteiger partial charge in [0.2, 0.25) is 0 Å². The minimum atomic E-state index is -3.89. The molecule has 0 unspecified atom stereocenters. The third-order valence-corrected chi connectivity index (χ3v) is 4.53. The second kappa shape index (κ2) is 5.60. The molecule has 20 heavy (non-hydrogen) atoms. The molecule has 2 rings (SSSR count). The highest BCUT2D eigenvalue weighted by Crippen LogP contribution is 2.31. The maximum absolute atomic E-state index is 12.4. The summed E-state index contributed by atoms with van der Waals surface area (Å²) in [5.41, 5.74) is 6.09. The fourth-order valence-corrected chi connectivity index (χ4v) is 3.48. The fourth-order valence-electron chi connectivity index (χ4n) is 1.73. The number of hydrogen-bond acceptors (Lipinski definition) is 4. The van der Waals surface area contributed by atoms with Crippen LogP contribution in [0.5, 0.6) is 5.75 Å². The average molecular weight is 313 g/mol. The van der Waals surface area contributed by atoms with Gasteiger partial charge in [0.1, 0.15) is 10.6 Å². The number of para-hydroxylation sites is 2. The van der Waals surface area contributed by atoms with Crippen molar-refractivity contribution in [3.8, 4) is 5.75 Å². The van der Waals surface area contributed by atoms with Gasteiger partial charge in [-0.05, 0) is 24.3 Å². The van der Waals surface area contributed by atoms with E-state index < -0.39 is 10.0 Å². The van der Waals surface area contributed by atoms with Gasteiger partial charge in [-0.2, -0.15) is 0 Å². The van der Waals surface area contributed by atoms with E-state index in [0.29, 0.717) is 11.4 Å². The van der Waals surface area contributed by atoms with Crippen LogP contribution in [0.25, 0.3) is 0 Å². The summed E-state index contributed by atoms with van der Waals surface area (Å²) < 4.78 is 32.3. The normalized spacial score (nSPS) is 11.1. The molecule has 0 spiro atoms. The molecule has 0 amide bonds. The number of nitrogens with one attached hydrogen (secondary N) is 1. The molecule has 7 heteroatoms. The van der Waals surface area contributed by atoms with Crippen molar-refractivity contribution in [2.45, 2.75) is 4.90 Å². The lowest BCUT2D eigenvalue weighted by atomic mass is 10.3. The summed E-state index contributed by atoms with van der Waals surface area (Å²) in [4.78, 5) is -0.146. The first kappa shape index (κ1) is 14.5. The van der Waals surface area contributed by atoms with E-state index in [4.69, 9.17) is 22.1 Å². The van der Waals surface area contributed by atoms with Crippen LogP contribution in [0.4, 0.5) is 11.4 Å². The summed E-state index contributed by atoms with van der Waals surface area (Å²) >= 11 is 5.92. The number of benzene rings is 2. The Hall–Kier alpha value is -1.92. The lowest BCUT2D eigenvalue weighted by Crippen LogP contribution is -2.15. The van der Waals surface area contributed by atoms with Crippen molar-refractivity contribution in [1.82, 2.24) is 0 Å². The van der Waals surface area contributed by atoms with Crippen molar-refractivity contribution in [3.63, 3.8) is 0 Å². The molecule has 0 heterocycles. The van der Waals surface area contributed by atoms with Crippen LogP contribution in [0, 0.1) is 0 Å². The molecule has 2 aromatic carbocycles. The molecule has 0 fully saturated rings. The molecule has 106 valence electrons. The third kappa shape index (κ3) is 2.81. The second-order valence-corrected chi connectivity index (χ2v) is 5.99. The molecular weight excluding hydrogens is 300 g/mol. The highest BCUT2D eigenvalue weighted by molar-refractivity contribution is 7.93. The summed E-state index contributed by atoms with van der Waals surface area (Å²) in [5.74, 6) is 0.404. The SMILES string of the molecule is COc1ccccc1NS(=O)(=O)c1c(N)cccc1Cl. The maximum atomic E-state index is 12.4. The number of nitrogens with two attached hydrogens (primary N) is 1. The topological polar surface area (TPSA) is 81.4 Å². The number of hydrogen-bond donors (Lipinski definition) is 2. The molecule has 0 atom stereocenters. The van der Waals surface area contributed by atoms with Gasteiger partial charge in [-0.25, -0.2) is 8.42 Å². The van der Waals surface area contributed by atoms with Crippen LogP contribution in [-0.2, 0) is 10.0 Å². The summed E-state index contributed by atoms with van der Waals surface area (Å²) in [5, 5.41) is 0.0624. The van der Waals surface area contributed by atoms with E-state index >= 15 is 0 Å². The first-order valence-electron chi connectivity index (χ1n) is 5.65. The van der Waals surface area contributed by atoms with Crippen LogP contribution in [0.1, 0.15) is 0 Å². The van der Waals surface area contributed by atoms with Gasteiger partial charge in [0, 0.05) is 0 Å². The monoisotopic (exact) mass is 312 g/mol. The molecule has 2 aromatic rings. The zero-order valence-corrected chi connectivity index (χ0v) is 12.2. The Labute approximate surface area is 122 Å². The summed E-state index contributed by atoms with van der Waals surface area (Å²) in [6.07, 6.45) is 0. The zero-order chi connectivity index (χ0) is 14.8. The zero-order valence-electron chi connectivity index (χ0n) is 10.6. The number of anilines is 2. The van der Waals surface area contributed by atoms with E-state index in [1.807, 2.05) is 0 Å². The Morgan fingerprint density at radius 3 is 2.50 bits per heavy atom. The molecule has 0 bridgehead atoms. The predicted octanol–water partition coefficient (Wildman–Crippen LogP) is 2.73. The molecule has 0 aliphatic heterocycles. The van der Waals surface area contributed by atoms with Gasteiger partial charge in [-0.15, -0.1) is 0 Å². The van der Waals surface area contributed by atoms with Gasteiger partial charge in [0.25, 0.3) is 10.0 Å². The summed E-state index contributed by atoms with van der Waals surface area (Å²) in [7, 11) is -2.44. The molecule has 0 radical (unpaired) electrons. The predicted molar refractivity (Wildman–Crippen MR) is 79.7 cm³/mol. The second-order valence-electron chi connectivity index (χ2n) is 3.96. The Balaban J connectivity index is 2.47. The van der Waals surface area contributed by atoms with Crippen molar-refractivity contribution in [2.24, 2.45) is 0 Å². The van der Waals surface area contributed by atoms with E-state index in [2.05, 4.69) is 4.72 Å². The van der Waals surface area contributed by atoms with E-state index in [-0.39, 0.29) is 15.6 Å². The number of sulfonamides is 1. The molecule has 0 saturated carbocycles. The molecular formula is C13H13ClN2O3S. The summed E-state index contributed by atoms with van der Waals surface area (Å²) in [6, 6.07) is 11.2. The molecule has 5 nitrogen and oxygen atoms in total. The summed E-state index contributed by atoms with van der Waals surface area (Å²) in [6.45, 7) is 0. The molecule has 0 aliphatic rings. The molecule has 0 saturated heterocycles. The molecule has 0 aromatic heterocycles. The van der Waals surface area contributed by atoms with Crippen LogP contribution in [0.15, 0.2) is 47.4 Å². The van der Waals surface area contributed by atoms with E-state index in [1.54, 1.807) is 30.3 Å². The molecule has 0 aliphatic carbocycles. The smallest absolute Gasteiger partial charge is 0.265 e. The largest absolute Gasteiger partial charge is 0.495 e. The van der Waals surface area contributed by atoms with Gasteiger partial charge in [0.15, 0.2) is 0 Å². The fraction of sp³-hybridized carbons (Fsp3) is 0.0769. The molecule has 3 N–H and O–H groups in total. The maximum Gasteiger partial charge on any atom is 0.265 e. The number of rotatable bonds is 4. The third-order valence-electron chi connectivity index (χ3n) is 2.62. The Bertz CT molecular complexity index is 712. The number of methoxy groups -OCH3 is 1. The van der Waals surface area contributed by atoms with Gasteiger partial charge >= 0.3 is 0 Å². The highest BCUT2D eigenvalue weighted by atomic mass is 35.5. The average Bonchev–Trinajstić information content (AvgIpc) is 2.38.